The summed E-state index contributed by atoms with van der Waals surface area (Å²) in [5.74, 6) is -0.169. The van der Waals surface area contributed by atoms with E-state index in [1.54, 1.807) is 23.1 Å². The molecule has 2 heterocycles. The maximum Gasteiger partial charge on any atom is 0.340 e. The number of thiophene rings is 1. The number of hydrogen-bond donors (Lipinski definition) is 1. The molecule has 0 saturated heterocycles. The topological polar surface area (TPSA) is 97.6 Å². The highest BCUT2D eigenvalue weighted by atomic mass is 32.1. The zero-order valence-electron chi connectivity index (χ0n) is 18.6. The number of anilines is 2. The third kappa shape index (κ3) is 5.87. The standard InChI is InChI=1S/C25H24N4O4S/c1-2-14-29(16-22-27-28-24(33-22)21-13-8-15-34-21)23(30)17-32-25(31)19-11-6-7-12-20(19)26-18-9-4-3-5-10-18/h3-13,15,26H,2,14,16-17H2,1H3. The monoisotopic (exact) mass is 476 g/mol. The zero-order chi connectivity index (χ0) is 23.8. The van der Waals surface area contributed by atoms with Gasteiger partial charge in [0.25, 0.3) is 11.8 Å². The normalized spacial score (nSPS) is 10.6. The number of carbonyl (C=O) groups is 2. The van der Waals surface area contributed by atoms with E-state index >= 15 is 0 Å². The molecule has 2 aromatic carbocycles. The third-order valence-corrected chi connectivity index (χ3v) is 5.76. The number of aromatic nitrogens is 2. The number of hydrogen-bond acceptors (Lipinski definition) is 8. The molecule has 0 aliphatic carbocycles. The Hall–Kier alpha value is -3.98. The average molecular weight is 477 g/mol. The quantitative estimate of drug-likeness (QED) is 0.317. The van der Waals surface area contributed by atoms with Crippen LogP contribution in [0.25, 0.3) is 10.8 Å². The Morgan fingerprint density at radius 3 is 2.59 bits per heavy atom. The minimum absolute atomic E-state index is 0.148. The van der Waals surface area contributed by atoms with Gasteiger partial charge < -0.3 is 19.4 Å². The zero-order valence-corrected chi connectivity index (χ0v) is 19.5. The van der Waals surface area contributed by atoms with Crippen molar-refractivity contribution in [3.05, 3.63) is 83.6 Å². The second-order valence-corrected chi connectivity index (χ2v) is 8.35. The summed E-state index contributed by atoms with van der Waals surface area (Å²) in [6.45, 7) is 2.20. The van der Waals surface area contributed by atoms with Crippen molar-refractivity contribution in [3.8, 4) is 10.8 Å². The van der Waals surface area contributed by atoms with Crippen LogP contribution in [0.5, 0.6) is 0 Å². The van der Waals surface area contributed by atoms with Gasteiger partial charge in [0.2, 0.25) is 5.89 Å². The van der Waals surface area contributed by atoms with Gasteiger partial charge in [-0.1, -0.05) is 43.3 Å². The van der Waals surface area contributed by atoms with Crippen LogP contribution in [0.2, 0.25) is 0 Å². The number of para-hydroxylation sites is 2. The lowest BCUT2D eigenvalue weighted by molar-refractivity contribution is -0.135. The molecule has 0 aliphatic rings. The molecule has 1 N–H and O–H groups in total. The Morgan fingerprint density at radius 1 is 1.03 bits per heavy atom. The molecular weight excluding hydrogens is 452 g/mol. The predicted octanol–water partition coefficient (Wildman–Crippen LogP) is 5.14. The minimum Gasteiger partial charge on any atom is -0.452 e. The number of esters is 1. The predicted molar refractivity (Wildman–Crippen MR) is 130 cm³/mol. The maximum atomic E-state index is 12.8. The molecule has 2 aromatic heterocycles. The van der Waals surface area contributed by atoms with Crippen molar-refractivity contribution < 1.29 is 18.7 Å². The van der Waals surface area contributed by atoms with Gasteiger partial charge in [-0.3, -0.25) is 4.79 Å². The summed E-state index contributed by atoms with van der Waals surface area (Å²) in [6.07, 6.45) is 0.732. The van der Waals surface area contributed by atoms with E-state index in [0.717, 1.165) is 17.0 Å². The summed E-state index contributed by atoms with van der Waals surface area (Å²) in [7, 11) is 0. The van der Waals surface area contributed by atoms with Crippen LogP contribution in [0.15, 0.2) is 76.5 Å². The van der Waals surface area contributed by atoms with Crippen LogP contribution in [0, 0.1) is 0 Å². The molecule has 0 bridgehead atoms. The molecule has 0 unspecified atom stereocenters. The number of nitrogens with zero attached hydrogens (tertiary/aromatic N) is 3. The molecule has 1 amide bonds. The van der Waals surface area contributed by atoms with E-state index in [1.165, 1.54) is 11.3 Å². The van der Waals surface area contributed by atoms with E-state index in [9.17, 15) is 9.59 Å². The molecular formula is C25H24N4O4S. The van der Waals surface area contributed by atoms with Crippen LogP contribution in [-0.4, -0.2) is 40.1 Å². The molecule has 0 saturated carbocycles. The van der Waals surface area contributed by atoms with Crippen molar-refractivity contribution in [2.24, 2.45) is 0 Å². The van der Waals surface area contributed by atoms with E-state index in [0.29, 0.717) is 29.6 Å². The summed E-state index contributed by atoms with van der Waals surface area (Å²) in [5.41, 5.74) is 1.79. The largest absolute Gasteiger partial charge is 0.452 e. The van der Waals surface area contributed by atoms with Crippen molar-refractivity contribution in [3.63, 3.8) is 0 Å². The Morgan fingerprint density at radius 2 is 1.82 bits per heavy atom. The van der Waals surface area contributed by atoms with Crippen LogP contribution in [0.1, 0.15) is 29.6 Å². The fourth-order valence-corrected chi connectivity index (χ4v) is 3.93. The first kappa shape index (κ1) is 23.2. The van der Waals surface area contributed by atoms with Crippen molar-refractivity contribution in [2.75, 3.05) is 18.5 Å². The third-order valence-electron chi connectivity index (χ3n) is 4.90. The molecule has 34 heavy (non-hydrogen) atoms. The van der Waals surface area contributed by atoms with Gasteiger partial charge in [0, 0.05) is 12.2 Å². The van der Waals surface area contributed by atoms with Gasteiger partial charge in [0.05, 0.1) is 22.7 Å². The summed E-state index contributed by atoms with van der Waals surface area (Å²) in [6, 6.07) is 20.3. The second kappa shape index (κ2) is 11.2. The van der Waals surface area contributed by atoms with Gasteiger partial charge >= 0.3 is 5.97 Å². The fourth-order valence-electron chi connectivity index (χ4n) is 3.29. The molecule has 0 spiro atoms. The summed E-state index contributed by atoms with van der Waals surface area (Å²) in [5, 5.41) is 13.2. The Kier molecular flexibility index (Phi) is 7.67. The molecule has 0 radical (unpaired) electrons. The van der Waals surface area contributed by atoms with Crippen LogP contribution >= 0.6 is 11.3 Å². The molecule has 4 rings (SSSR count). The summed E-state index contributed by atoms with van der Waals surface area (Å²) in [4.78, 5) is 28.0. The van der Waals surface area contributed by atoms with E-state index in [4.69, 9.17) is 9.15 Å². The molecule has 174 valence electrons. The van der Waals surface area contributed by atoms with Crippen molar-refractivity contribution in [1.82, 2.24) is 15.1 Å². The van der Waals surface area contributed by atoms with E-state index in [2.05, 4.69) is 15.5 Å². The number of rotatable bonds is 10. The lowest BCUT2D eigenvalue weighted by Gasteiger charge is -2.20. The smallest absolute Gasteiger partial charge is 0.340 e. The van der Waals surface area contributed by atoms with Gasteiger partial charge in [0.15, 0.2) is 6.61 Å². The molecule has 8 nitrogen and oxygen atoms in total. The van der Waals surface area contributed by atoms with E-state index in [1.807, 2.05) is 60.8 Å². The second-order valence-electron chi connectivity index (χ2n) is 7.41. The first-order valence-corrected chi connectivity index (χ1v) is 11.7. The van der Waals surface area contributed by atoms with Crippen LogP contribution < -0.4 is 5.32 Å². The number of benzene rings is 2. The van der Waals surface area contributed by atoms with Crippen LogP contribution in [-0.2, 0) is 16.1 Å². The van der Waals surface area contributed by atoms with Crippen LogP contribution in [0.3, 0.4) is 0 Å². The molecule has 0 atom stereocenters. The first-order chi connectivity index (χ1) is 16.6. The molecule has 4 aromatic rings. The molecule has 9 heteroatoms. The van der Waals surface area contributed by atoms with E-state index in [-0.39, 0.29) is 19.1 Å². The fraction of sp³-hybridized carbons (Fsp3) is 0.200. The Balaban J connectivity index is 1.38. The lowest BCUT2D eigenvalue weighted by atomic mass is 10.1. The summed E-state index contributed by atoms with van der Waals surface area (Å²) < 4.78 is 11.1. The number of ether oxygens (including phenoxy) is 1. The Labute approximate surface area is 201 Å². The van der Waals surface area contributed by atoms with Gasteiger partial charge in [-0.25, -0.2) is 4.79 Å². The first-order valence-electron chi connectivity index (χ1n) is 10.9. The van der Waals surface area contributed by atoms with Crippen molar-refractivity contribution >= 4 is 34.6 Å². The van der Waals surface area contributed by atoms with Gasteiger partial charge in [-0.2, -0.15) is 0 Å². The van der Waals surface area contributed by atoms with Gasteiger partial charge in [0.1, 0.15) is 0 Å². The Bertz CT molecular complexity index is 1220. The summed E-state index contributed by atoms with van der Waals surface area (Å²) >= 11 is 1.50. The lowest BCUT2D eigenvalue weighted by Crippen LogP contribution is -2.35. The number of nitrogens with one attached hydrogen (secondary N) is 1. The highest BCUT2D eigenvalue weighted by Crippen LogP contribution is 2.24. The highest BCUT2D eigenvalue weighted by Gasteiger charge is 2.20. The van der Waals surface area contributed by atoms with Crippen LogP contribution in [0.4, 0.5) is 11.4 Å². The number of amides is 1. The van der Waals surface area contributed by atoms with Gasteiger partial charge in [-0.15, -0.1) is 21.5 Å². The SMILES string of the molecule is CCCN(Cc1nnc(-c2cccs2)o1)C(=O)COC(=O)c1ccccc1Nc1ccccc1. The molecule has 0 aliphatic heterocycles. The van der Waals surface area contributed by atoms with Gasteiger partial charge in [-0.05, 0) is 42.1 Å². The molecule has 0 fully saturated rings. The average Bonchev–Trinajstić information content (AvgIpc) is 3.55. The maximum absolute atomic E-state index is 12.8. The minimum atomic E-state index is -0.582. The van der Waals surface area contributed by atoms with Crippen molar-refractivity contribution in [2.45, 2.75) is 19.9 Å². The van der Waals surface area contributed by atoms with Crippen molar-refractivity contribution in [1.29, 1.82) is 0 Å². The van der Waals surface area contributed by atoms with E-state index < -0.39 is 5.97 Å². The number of carbonyl (C=O) groups excluding carboxylic acids is 2. The highest BCUT2D eigenvalue weighted by molar-refractivity contribution is 7.13.